The Morgan fingerprint density at radius 3 is 2.63 bits per heavy atom. The molecule has 1 rings (SSSR count). The van der Waals surface area contributed by atoms with E-state index < -0.39 is 5.97 Å². The molecule has 104 valence electrons. The molecule has 0 aromatic carbocycles. The fourth-order valence-corrected chi connectivity index (χ4v) is 1.83. The summed E-state index contributed by atoms with van der Waals surface area (Å²) in [5, 5.41) is 8.89. The average Bonchev–Trinajstić information content (AvgIpc) is 2.33. The van der Waals surface area contributed by atoms with E-state index in [9.17, 15) is 9.59 Å². The molecule has 0 spiro atoms. The Kier molecular flexibility index (Phi) is 5.76. The van der Waals surface area contributed by atoms with Gasteiger partial charge in [0.25, 0.3) is 5.91 Å². The molecule has 6 heteroatoms. The molecule has 0 aliphatic heterocycles. The zero-order valence-corrected chi connectivity index (χ0v) is 11.7. The number of halogens is 1. The summed E-state index contributed by atoms with van der Waals surface area (Å²) in [5.74, 6) is -1.10. The minimum Gasteiger partial charge on any atom is -0.481 e. The monoisotopic (exact) mass is 284 g/mol. The summed E-state index contributed by atoms with van der Waals surface area (Å²) in [6, 6.07) is 4.84. The highest BCUT2D eigenvalue weighted by Gasteiger charge is 2.20. The molecule has 5 nitrogen and oxygen atoms in total. The van der Waals surface area contributed by atoms with Gasteiger partial charge in [-0.1, -0.05) is 17.7 Å². The Bertz CT molecular complexity index is 463. The van der Waals surface area contributed by atoms with Crippen LogP contribution in [0.4, 0.5) is 0 Å². The van der Waals surface area contributed by atoms with Gasteiger partial charge in [-0.25, -0.2) is 4.98 Å². The lowest BCUT2D eigenvalue weighted by molar-refractivity contribution is -0.137. The van der Waals surface area contributed by atoms with Crippen LogP contribution in [0.2, 0.25) is 5.15 Å². The van der Waals surface area contributed by atoms with Crippen LogP contribution in [0, 0.1) is 0 Å². The van der Waals surface area contributed by atoms with E-state index >= 15 is 0 Å². The van der Waals surface area contributed by atoms with Gasteiger partial charge in [0, 0.05) is 19.0 Å². The van der Waals surface area contributed by atoms with Crippen molar-refractivity contribution in [3.8, 4) is 0 Å². The molecule has 0 aliphatic rings. The number of aliphatic carboxylic acids is 1. The van der Waals surface area contributed by atoms with E-state index in [1.54, 1.807) is 23.1 Å². The Hall–Kier alpha value is -1.62. The molecule has 0 saturated carbocycles. The van der Waals surface area contributed by atoms with Crippen molar-refractivity contribution in [3.63, 3.8) is 0 Å². The minimum absolute atomic E-state index is 0.0259. The molecule has 1 aromatic rings. The molecule has 1 heterocycles. The predicted molar refractivity (Wildman–Crippen MR) is 72.3 cm³/mol. The normalized spacial score (nSPS) is 10.5. The van der Waals surface area contributed by atoms with Crippen molar-refractivity contribution in [3.05, 3.63) is 29.0 Å². The summed E-state index contributed by atoms with van der Waals surface area (Å²) in [6.07, 6.45) is 0.458. The second kappa shape index (κ2) is 7.09. The van der Waals surface area contributed by atoms with E-state index in [2.05, 4.69) is 4.98 Å². The van der Waals surface area contributed by atoms with E-state index in [0.29, 0.717) is 13.0 Å². The first-order chi connectivity index (χ1) is 8.91. The fourth-order valence-electron chi connectivity index (χ4n) is 1.67. The van der Waals surface area contributed by atoms with Crippen LogP contribution in [0.15, 0.2) is 18.2 Å². The third kappa shape index (κ3) is 4.87. The lowest BCUT2D eigenvalue weighted by atomic mass is 10.2. The molecular formula is C13H17ClN2O3. The van der Waals surface area contributed by atoms with Crippen molar-refractivity contribution in [2.24, 2.45) is 0 Å². The van der Waals surface area contributed by atoms with E-state index in [1.807, 2.05) is 13.8 Å². The highest BCUT2D eigenvalue weighted by Crippen LogP contribution is 2.11. The van der Waals surface area contributed by atoms with Gasteiger partial charge in [0.15, 0.2) is 0 Å². The highest BCUT2D eigenvalue weighted by molar-refractivity contribution is 6.29. The average molecular weight is 285 g/mol. The lowest BCUT2D eigenvalue weighted by Crippen LogP contribution is -2.38. The van der Waals surface area contributed by atoms with Crippen LogP contribution in [-0.2, 0) is 4.79 Å². The summed E-state index contributed by atoms with van der Waals surface area (Å²) in [5.41, 5.74) is 0.275. The number of carbonyl (C=O) groups excluding carboxylic acids is 1. The van der Waals surface area contributed by atoms with Crippen LogP contribution in [0.3, 0.4) is 0 Å². The maximum Gasteiger partial charge on any atom is 0.303 e. The topological polar surface area (TPSA) is 70.5 Å². The molecule has 0 saturated heterocycles. The molecule has 0 atom stereocenters. The molecular weight excluding hydrogens is 268 g/mol. The fraction of sp³-hybridized carbons (Fsp3) is 0.462. The number of carboxylic acid groups (broad SMARTS) is 1. The summed E-state index contributed by atoms with van der Waals surface area (Å²) >= 11 is 5.76. The third-order valence-electron chi connectivity index (χ3n) is 2.61. The van der Waals surface area contributed by atoms with Gasteiger partial charge in [-0.2, -0.15) is 0 Å². The third-order valence-corrected chi connectivity index (χ3v) is 2.82. The van der Waals surface area contributed by atoms with Gasteiger partial charge in [-0.15, -0.1) is 0 Å². The number of hydrogen-bond acceptors (Lipinski definition) is 3. The van der Waals surface area contributed by atoms with Crippen molar-refractivity contribution in [2.75, 3.05) is 6.54 Å². The molecule has 1 amide bonds. The number of aromatic nitrogens is 1. The minimum atomic E-state index is -0.864. The van der Waals surface area contributed by atoms with Crippen LogP contribution in [0.25, 0.3) is 0 Å². The number of hydrogen-bond donors (Lipinski definition) is 1. The largest absolute Gasteiger partial charge is 0.481 e. The standard InChI is InChI=1S/C13H17ClN2O3/c1-9(2)16(8-4-7-12(17)18)13(19)10-5-3-6-11(14)15-10/h3,5-6,9H,4,7-8H2,1-2H3,(H,17,18). The van der Waals surface area contributed by atoms with Crippen molar-refractivity contribution in [1.82, 2.24) is 9.88 Å². The van der Waals surface area contributed by atoms with Gasteiger partial charge in [0.05, 0.1) is 0 Å². The van der Waals surface area contributed by atoms with Gasteiger partial charge < -0.3 is 10.0 Å². The van der Waals surface area contributed by atoms with E-state index in [0.717, 1.165) is 0 Å². The van der Waals surface area contributed by atoms with Crippen LogP contribution in [-0.4, -0.2) is 39.5 Å². The van der Waals surface area contributed by atoms with Crippen LogP contribution >= 0.6 is 11.6 Å². The first kappa shape index (κ1) is 15.4. The molecule has 1 aromatic heterocycles. The van der Waals surface area contributed by atoms with Gasteiger partial charge >= 0.3 is 5.97 Å². The number of nitrogens with zero attached hydrogens (tertiary/aromatic N) is 2. The SMILES string of the molecule is CC(C)N(CCCC(=O)O)C(=O)c1cccc(Cl)n1. The van der Waals surface area contributed by atoms with Gasteiger partial charge in [0.1, 0.15) is 10.8 Å². The van der Waals surface area contributed by atoms with Crippen LogP contribution in [0.5, 0.6) is 0 Å². The maximum absolute atomic E-state index is 12.3. The molecule has 0 bridgehead atoms. The highest BCUT2D eigenvalue weighted by atomic mass is 35.5. The summed E-state index contributed by atoms with van der Waals surface area (Å²) in [6.45, 7) is 4.14. The molecule has 0 aliphatic carbocycles. The number of rotatable bonds is 6. The number of carboxylic acids is 1. The summed E-state index contributed by atoms with van der Waals surface area (Å²) < 4.78 is 0. The van der Waals surface area contributed by atoms with E-state index in [-0.39, 0.29) is 29.2 Å². The Labute approximate surface area is 117 Å². The number of amides is 1. The van der Waals surface area contributed by atoms with Crippen LogP contribution < -0.4 is 0 Å². The van der Waals surface area contributed by atoms with Crippen molar-refractivity contribution >= 4 is 23.5 Å². The van der Waals surface area contributed by atoms with Crippen molar-refractivity contribution in [1.29, 1.82) is 0 Å². The Morgan fingerprint density at radius 2 is 2.11 bits per heavy atom. The number of pyridine rings is 1. The zero-order chi connectivity index (χ0) is 14.4. The van der Waals surface area contributed by atoms with Crippen molar-refractivity contribution in [2.45, 2.75) is 32.7 Å². The Balaban J connectivity index is 2.75. The summed E-state index contributed by atoms with van der Waals surface area (Å²) in [4.78, 5) is 28.3. The quantitative estimate of drug-likeness (QED) is 0.815. The zero-order valence-electron chi connectivity index (χ0n) is 11.0. The molecule has 0 unspecified atom stereocenters. The second-order valence-electron chi connectivity index (χ2n) is 4.44. The summed E-state index contributed by atoms with van der Waals surface area (Å²) in [7, 11) is 0. The molecule has 1 N–H and O–H groups in total. The first-order valence-electron chi connectivity index (χ1n) is 6.07. The Morgan fingerprint density at radius 1 is 1.42 bits per heavy atom. The van der Waals surface area contributed by atoms with Crippen LogP contribution in [0.1, 0.15) is 37.2 Å². The van der Waals surface area contributed by atoms with Gasteiger partial charge in [-0.3, -0.25) is 9.59 Å². The van der Waals surface area contributed by atoms with E-state index in [4.69, 9.17) is 16.7 Å². The predicted octanol–water partition coefficient (Wildman–Crippen LogP) is 2.45. The van der Waals surface area contributed by atoms with E-state index in [1.165, 1.54) is 0 Å². The number of carbonyl (C=O) groups is 2. The molecule has 0 fully saturated rings. The maximum atomic E-state index is 12.3. The molecule has 0 radical (unpaired) electrons. The second-order valence-corrected chi connectivity index (χ2v) is 4.82. The van der Waals surface area contributed by atoms with Gasteiger partial charge in [0.2, 0.25) is 0 Å². The van der Waals surface area contributed by atoms with Crippen molar-refractivity contribution < 1.29 is 14.7 Å². The van der Waals surface area contributed by atoms with Gasteiger partial charge in [-0.05, 0) is 32.4 Å². The smallest absolute Gasteiger partial charge is 0.303 e. The lowest BCUT2D eigenvalue weighted by Gasteiger charge is -2.26. The molecule has 19 heavy (non-hydrogen) atoms. The first-order valence-corrected chi connectivity index (χ1v) is 6.45.